The third-order valence-electron chi connectivity index (χ3n) is 4.02. The molecule has 1 aliphatic rings. The number of fused-ring (bicyclic) bond motifs is 1. The summed E-state index contributed by atoms with van der Waals surface area (Å²) in [6.45, 7) is 1.24. The Hall–Kier alpha value is -2.58. The molecule has 9 heteroatoms. The maximum atomic E-state index is 12.6. The Balaban J connectivity index is 1.87. The fraction of sp³-hybridized carbons (Fsp3) is 0.222. The van der Waals surface area contributed by atoms with E-state index in [2.05, 4.69) is 5.32 Å². The van der Waals surface area contributed by atoms with Crippen LogP contribution in [0.5, 0.6) is 5.75 Å². The molecule has 0 unspecified atom stereocenters. The SMILES string of the molecule is CC(=O)c1cccc(NC(=O)[C@H]2CN(S(C)(=O)=O)c3cc(Cl)ccc3O2)c1. The van der Waals surface area contributed by atoms with Crippen molar-refractivity contribution in [3.8, 4) is 5.75 Å². The van der Waals surface area contributed by atoms with Gasteiger partial charge in [0.05, 0.1) is 18.5 Å². The summed E-state index contributed by atoms with van der Waals surface area (Å²) in [6.07, 6.45) is -0.0109. The van der Waals surface area contributed by atoms with Gasteiger partial charge in [0.2, 0.25) is 10.0 Å². The topological polar surface area (TPSA) is 92.8 Å². The number of hydrogen-bond donors (Lipinski definition) is 1. The summed E-state index contributed by atoms with van der Waals surface area (Å²) in [5, 5.41) is 3.01. The van der Waals surface area contributed by atoms with Gasteiger partial charge in [-0.2, -0.15) is 0 Å². The normalized spacial score (nSPS) is 16.3. The molecule has 27 heavy (non-hydrogen) atoms. The van der Waals surface area contributed by atoms with E-state index in [1.165, 1.54) is 19.1 Å². The first kappa shape index (κ1) is 19.2. The number of ether oxygens (including phenoxy) is 1. The smallest absolute Gasteiger partial charge is 0.267 e. The Morgan fingerprint density at radius 2 is 1.96 bits per heavy atom. The van der Waals surface area contributed by atoms with Crippen LogP contribution in [0.2, 0.25) is 5.02 Å². The molecule has 2 aromatic rings. The third-order valence-corrected chi connectivity index (χ3v) is 5.40. The number of hydrogen-bond acceptors (Lipinski definition) is 5. The molecule has 1 N–H and O–H groups in total. The summed E-state index contributed by atoms with van der Waals surface area (Å²) in [5.41, 5.74) is 1.16. The number of sulfonamides is 1. The zero-order chi connectivity index (χ0) is 19.8. The van der Waals surface area contributed by atoms with E-state index in [0.29, 0.717) is 16.3 Å². The predicted molar refractivity (Wildman–Crippen MR) is 103 cm³/mol. The minimum atomic E-state index is -3.64. The predicted octanol–water partition coefficient (Wildman–Crippen LogP) is 2.71. The fourth-order valence-electron chi connectivity index (χ4n) is 2.71. The van der Waals surface area contributed by atoms with E-state index in [4.69, 9.17) is 16.3 Å². The molecule has 2 aromatic carbocycles. The zero-order valence-corrected chi connectivity index (χ0v) is 16.2. The molecule has 0 aliphatic carbocycles. The lowest BCUT2D eigenvalue weighted by molar-refractivity contribution is -0.122. The van der Waals surface area contributed by atoms with Gasteiger partial charge in [-0.05, 0) is 37.3 Å². The number of carbonyl (C=O) groups is 2. The average Bonchev–Trinajstić information content (AvgIpc) is 2.60. The van der Waals surface area contributed by atoms with Gasteiger partial charge in [-0.15, -0.1) is 0 Å². The largest absolute Gasteiger partial charge is 0.476 e. The molecule has 0 fully saturated rings. The second-order valence-electron chi connectivity index (χ2n) is 6.14. The van der Waals surface area contributed by atoms with Gasteiger partial charge >= 0.3 is 0 Å². The fourth-order valence-corrected chi connectivity index (χ4v) is 3.79. The van der Waals surface area contributed by atoms with Crippen LogP contribution >= 0.6 is 11.6 Å². The van der Waals surface area contributed by atoms with Crippen molar-refractivity contribution in [3.05, 3.63) is 53.1 Å². The molecular formula is C18H17ClN2O5S. The van der Waals surface area contributed by atoms with Gasteiger partial charge < -0.3 is 10.1 Å². The molecule has 3 rings (SSSR count). The van der Waals surface area contributed by atoms with E-state index in [0.717, 1.165) is 10.6 Å². The van der Waals surface area contributed by atoms with Gasteiger partial charge in [-0.25, -0.2) is 8.42 Å². The molecule has 1 aliphatic heterocycles. The molecule has 0 saturated carbocycles. The van der Waals surface area contributed by atoms with E-state index < -0.39 is 22.0 Å². The van der Waals surface area contributed by atoms with E-state index in [1.807, 2.05) is 0 Å². The maximum absolute atomic E-state index is 12.6. The summed E-state index contributed by atoms with van der Waals surface area (Å²) in [5.74, 6) is -0.410. The van der Waals surface area contributed by atoms with E-state index in [9.17, 15) is 18.0 Å². The highest BCUT2D eigenvalue weighted by atomic mass is 35.5. The van der Waals surface area contributed by atoms with Crippen molar-refractivity contribution in [1.82, 2.24) is 0 Å². The number of amides is 1. The lowest BCUT2D eigenvalue weighted by Gasteiger charge is -2.34. The molecule has 0 bridgehead atoms. The van der Waals surface area contributed by atoms with Crippen LogP contribution in [0.1, 0.15) is 17.3 Å². The Morgan fingerprint density at radius 3 is 2.63 bits per heavy atom. The number of nitrogens with one attached hydrogen (secondary N) is 1. The van der Waals surface area contributed by atoms with Crippen molar-refractivity contribution >= 4 is 44.7 Å². The van der Waals surface area contributed by atoms with Gasteiger partial charge in [0.25, 0.3) is 5.91 Å². The van der Waals surface area contributed by atoms with Crippen molar-refractivity contribution in [2.45, 2.75) is 13.0 Å². The third kappa shape index (κ3) is 4.23. The molecule has 0 saturated heterocycles. The standard InChI is InChI=1S/C18H17ClN2O5S/c1-11(22)12-4-3-5-14(8-12)20-18(23)17-10-21(27(2,24)25)15-9-13(19)6-7-16(15)26-17/h3-9,17H,10H2,1-2H3,(H,20,23)/t17-/m1/s1. The van der Waals surface area contributed by atoms with Gasteiger partial charge in [0.15, 0.2) is 11.9 Å². The Bertz CT molecular complexity index is 1020. The molecular weight excluding hydrogens is 392 g/mol. The number of carbonyl (C=O) groups excluding carboxylic acids is 2. The maximum Gasteiger partial charge on any atom is 0.267 e. The number of ketones is 1. The van der Waals surface area contributed by atoms with Crippen molar-refractivity contribution < 1.29 is 22.7 Å². The van der Waals surface area contributed by atoms with Crippen molar-refractivity contribution in [1.29, 1.82) is 0 Å². The van der Waals surface area contributed by atoms with Crippen LogP contribution in [0, 0.1) is 0 Å². The van der Waals surface area contributed by atoms with Crippen molar-refractivity contribution in [2.75, 3.05) is 22.4 Å². The molecule has 142 valence electrons. The highest BCUT2D eigenvalue weighted by molar-refractivity contribution is 7.92. The Kier molecular flexibility index (Phi) is 5.12. The monoisotopic (exact) mass is 408 g/mol. The highest BCUT2D eigenvalue weighted by Crippen LogP contribution is 2.37. The summed E-state index contributed by atoms with van der Waals surface area (Å²) in [7, 11) is -3.64. The first-order chi connectivity index (χ1) is 12.6. The van der Waals surface area contributed by atoms with Crippen LogP contribution in [-0.4, -0.2) is 39.0 Å². The van der Waals surface area contributed by atoms with Crippen LogP contribution in [0.25, 0.3) is 0 Å². The minimum Gasteiger partial charge on any atom is -0.476 e. The summed E-state index contributed by atoms with van der Waals surface area (Å²) >= 11 is 5.95. The van der Waals surface area contributed by atoms with Crippen LogP contribution in [0.4, 0.5) is 11.4 Å². The number of benzene rings is 2. The minimum absolute atomic E-state index is 0.130. The van der Waals surface area contributed by atoms with Gasteiger partial charge in [-0.1, -0.05) is 23.7 Å². The highest BCUT2D eigenvalue weighted by Gasteiger charge is 2.35. The number of rotatable bonds is 4. The van der Waals surface area contributed by atoms with Gasteiger partial charge in [0, 0.05) is 16.3 Å². The number of anilines is 2. The Labute approximate surface area is 161 Å². The zero-order valence-electron chi connectivity index (χ0n) is 14.6. The molecule has 1 amide bonds. The number of Topliss-reactive ketones (excluding diaryl/α,β-unsaturated/α-hetero) is 1. The van der Waals surface area contributed by atoms with Crippen LogP contribution in [0.15, 0.2) is 42.5 Å². The van der Waals surface area contributed by atoms with E-state index in [-0.39, 0.29) is 23.8 Å². The van der Waals surface area contributed by atoms with Gasteiger partial charge in [-0.3, -0.25) is 13.9 Å². The van der Waals surface area contributed by atoms with E-state index >= 15 is 0 Å². The first-order valence-corrected chi connectivity index (χ1v) is 10.2. The molecule has 7 nitrogen and oxygen atoms in total. The second kappa shape index (κ2) is 7.21. The molecule has 0 aromatic heterocycles. The second-order valence-corrected chi connectivity index (χ2v) is 8.48. The first-order valence-electron chi connectivity index (χ1n) is 8.01. The summed E-state index contributed by atoms with van der Waals surface area (Å²) < 4.78 is 31.1. The lowest BCUT2D eigenvalue weighted by atomic mass is 10.1. The quantitative estimate of drug-likeness (QED) is 0.785. The van der Waals surface area contributed by atoms with Crippen molar-refractivity contribution in [2.24, 2.45) is 0 Å². The number of nitrogens with zero attached hydrogens (tertiary/aromatic N) is 1. The number of halogens is 1. The lowest BCUT2D eigenvalue weighted by Crippen LogP contribution is -2.48. The van der Waals surface area contributed by atoms with Crippen LogP contribution in [-0.2, 0) is 14.8 Å². The molecule has 0 spiro atoms. The average molecular weight is 409 g/mol. The Morgan fingerprint density at radius 1 is 1.22 bits per heavy atom. The van der Waals surface area contributed by atoms with Crippen LogP contribution in [0.3, 0.4) is 0 Å². The summed E-state index contributed by atoms with van der Waals surface area (Å²) in [4.78, 5) is 24.1. The van der Waals surface area contributed by atoms with E-state index in [1.54, 1.807) is 30.3 Å². The molecule has 1 atom stereocenters. The molecule has 0 radical (unpaired) electrons. The van der Waals surface area contributed by atoms with Gasteiger partial charge in [0.1, 0.15) is 5.75 Å². The van der Waals surface area contributed by atoms with Crippen LogP contribution < -0.4 is 14.4 Å². The summed E-state index contributed by atoms with van der Waals surface area (Å²) in [6, 6.07) is 11.0. The molecule has 1 heterocycles. The van der Waals surface area contributed by atoms with Crippen molar-refractivity contribution in [3.63, 3.8) is 0 Å².